The highest BCUT2D eigenvalue weighted by Crippen LogP contribution is 2.20. The van der Waals surface area contributed by atoms with Crippen molar-refractivity contribution in [2.24, 2.45) is 0 Å². The van der Waals surface area contributed by atoms with Crippen LogP contribution in [0.5, 0.6) is 0 Å². The van der Waals surface area contributed by atoms with E-state index in [2.05, 4.69) is 23.7 Å². The van der Waals surface area contributed by atoms with Crippen LogP contribution in [0, 0.1) is 10.1 Å². The fourth-order valence-electron chi connectivity index (χ4n) is 3.03. The number of rotatable bonds is 4. The van der Waals surface area contributed by atoms with Gasteiger partial charge in [-0.15, -0.1) is 0 Å². The second kappa shape index (κ2) is 7.51. The molecule has 2 heterocycles. The van der Waals surface area contributed by atoms with E-state index in [1.165, 1.54) is 17.8 Å². The summed E-state index contributed by atoms with van der Waals surface area (Å²) in [6.07, 6.45) is 1.51. The minimum Gasteiger partial charge on any atom is -0.365 e. The van der Waals surface area contributed by atoms with Gasteiger partial charge in [-0.1, -0.05) is 26.0 Å². The first kappa shape index (κ1) is 17.8. The van der Waals surface area contributed by atoms with Gasteiger partial charge in [0.25, 0.3) is 5.91 Å². The fraction of sp³-hybridized carbons (Fsp3) is 0.368. The van der Waals surface area contributed by atoms with E-state index in [0.29, 0.717) is 37.7 Å². The Morgan fingerprint density at radius 2 is 1.73 bits per heavy atom. The van der Waals surface area contributed by atoms with Crippen molar-refractivity contribution < 1.29 is 9.72 Å². The number of aromatic nitrogens is 1. The normalized spacial score (nSPS) is 14.6. The van der Waals surface area contributed by atoms with Crippen molar-refractivity contribution in [2.75, 3.05) is 31.1 Å². The van der Waals surface area contributed by atoms with Crippen LogP contribution in [0.3, 0.4) is 0 Å². The van der Waals surface area contributed by atoms with E-state index in [0.717, 1.165) is 5.69 Å². The molecule has 136 valence electrons. The Kier molecular flexibility index (Phi) is 5.16. The number of anilines is 1. The van der Waals surface area contributed by atoms with Crippen LogP contribution in [0.25, 0.3) is 0 Å². The van der Waals surface area contributed by atoms with Gasteiger partial charge < -0.3 is 19.9 Å². The molecule has 7 nitrogen and oxygen atoms in total. The van der Waals surface area contributed by atoms with E-state index in [9.17, 15) is 14.9 Å². The van der Waals surface area contributed by atoms with Gasteiger partial charge in [0.2, 0.25) is 0 Å². The molecule has 1 aromatic heterocycles. The van der Waals surface area contributed by atoms with Gasteiger partial charge in [-0.2, -0.15) is 0 Å². The molecule has 0 bridgehead atoms. The lowest BCUT2D eigenvalue weighted by molar-refractivity contribution is -0.389. The van der Waals surface area contributed by atoms with Crippen molar-refractivity contribution in [1.29, 1.82) is 0 Å². The smallest absolute Gasteiger partial charge is 0.363 e. The average Bonchev–Trinajstić information content (AvgIpc) is 2.67. The fourth-order valence-corrected chi connectivity index (χ4v) is 3.03. The third-order valence-corrected chi connectivity index (χ3v) is 4.68. The zero-order chi connectivity index (χ0) is 18.7. The van der Waals surface area contributed by atoms with Gasteiger partial charge in [0.05, 0.1) is 5.69 Å². The maximum Gasteiger partial charge on any atom is 0.363 e. The van der Waals surface area contributed by atoms with Gasteiger partial charge in [-0.3, -0.25) is 4.79 Å². The Hall–Kier alpha value is -2.96. The maximum absolute atomic E-state index is 12.7. The van der Waals surface area contributed by atoms with Crippen molar-refractivity contribution in [3.63, 3.8) is 0 Å². The molecule has 1 aliphatic heterocycles. The molecule has 1 fully saturated rings. The van der Waals surface area contributed by atoms with E-state index in [4.69, 9.17) is 0 Å². The van der Waals surface area contributed by atoms with E-state index in [1.807, 2.05) is 29.2 Å². The third kappa shape index (κ3) is 3.82. The first-order chi connectivity index (χ1) is 12.5. The molecule has 7 heteroatoms. The molecule has 1 amide bonds. The molecule has 3 rings (SSSR count). The summed E-state index contributed by atoms with van der Waals surface area (Å²) in [5.41, 5.74) is 2.76. The number of carbonyl (C=O) groups excluding carboxylic acids is 1. The van der Waals surface area contributed by atoms with Crippen LogP contribution in [0.15, 0.2) is 42.6 Å². The molecule has 2 aromatic rings. The Balaban J connectivity index is 1.60. The topological polar surface area (TPSA) is 79.6 Å². The molecule has 0 atom stereocenters. The quantitative estimate of drug-likeness (QED) is 0.623. The summed E-state index contributed by atoms with van der Waals surface area (Å²) in [5, 5.41) is 10.7. The van der Waals surface area contributed by atoms with Crippen LogP contribution in [-0.4, -0.2) is 46.9 Å². The molecule has 1 aliphatic rings. The highest BCUT2D eigenvalue weighted by Gasteiger charge is 2.23. The standard InChI is InChI=1S/C19H22N4O3/c1-14(2)15-3-5-16(6-4-15)19(24)22-11-9-21(10-12-22)17-7-8-18(20-13-17)23(25)26/h3-8,13-14H,9-12H2,1-2H3. The Morgan fingerprint density at radius 3 is 2.23 bits per heavy atom. The second-order valence-electron chi connectivity index (χ2n) is 6.69. The van der Waals surface area contributed by atoms with E-state index >= 15 is 0 Å². The molecule has 0 radical (unpaired) electrons. The number of carbonyl (C=O) groups is 1. The summed E-state index contributed by atoms with van der Waals surface area (Å²) in [5.74, 6) is 0.326. The summed E-state index contributed by atoms with van der Waals surface area (Å²) in [7, 11) is 0. The first-order valence-corrected chi connectivity index (χ1v) is 8.70. The van der Waals surface area contributed by atoms with Crippen LogP contribution < -0.4 is 4.90 Å². The minimum atomic E-state index is -0.509. The summed E-state index contributed by atoms with van der Waals surface area (Å²) < 4.78 is 0. The van der Waals surface area contributed by atoms with E-state index in [-0.39, 0.29) is 11.7 Å². The number of pyridine rings is 1. The number of piperazine rings is 1. The van der Waals surface area contributed by atoms with Crippen LogP contribution in [0.1, 0.15) is 35.7 Å². The molecule has 0 aliphatic carbocycles. The van der Waals surface area contributed by atoms with Crippen molar-refractivity contribution >= 4 is 17.4 Å². The molecule has 1 saturated heterocycles. The lowest BCUT2D eigenvalue weighted by Crippen LogP contribution is -2.48. The van der Waals surface area contributed by atoms with Crippen molar-refractivity contribution in [3.05, 3.63) is 63.8 Å². The predicted octanol–water partition coefficient (Wildman–Crippen LogP) is 3.08. The molecule has 1 aromatic carbocycles. The monoisotopic (exact) mass is 354 g/mol. The predicted molar refractivity (Wildman–Crippen MR) is 99.5 cm³/mol. The number of hydrogen-bond donors (Lipinski definition) is 0. The molecular formula is C19H22N4O3. The zero-order valence-corrected chi connectivity index (χ0v) is 15.0. The van der Waals surface area contributed by atoms with Gasteiger partial charge in [0, 0.05) is 37.8 Å². The number of hydrogen-bond acceptors (Lipinski definition) is 5. The minimum absolute atomic E-state index is 0.0433. The lowest BCUT2D eigenvalue weighted by Gasteiger charge is -2.35. The van der Waals surface area contributed by atoms with Crippen molar-refractivity contribution in [2.45, 2.75) is 19.8 Å². The Labute approximate surface area is 152 Å². The lowest BCUT2D eigenvalue weighted by atomic mass is 10.0. The van der Waals surface area contributed by atoms with Gasteiger partial charge >= 0.3 is 5.82 Å². The van der Waals surface area contributed by atoms with Crippen molar-refractivity contribution in [3.8, 4) is 0 Å². The van der Waals surface area contributed by atoms with Crippen LogP contribution in [0.4, 0.5) is 11.5 Å². The van der Waals surface area contributed by atoms with Gasteiger partial charge in [-0.05, 0) is 39.6 Å². The third-order valence-electron chi connectivity index (χ3n) is 4.68. The van der Waals surface area contributed by atoms with E-state index in [1.54, 1.807) is 6.07 Å². The van der Waals surface area contributed by atoms with Crippen LogP contribution in [0.2, 0.25) is 0 Å². The first-order valence-electron chi connectivity index (χ1n) is 8.70. The van der Waals surface area contributed by atoms with E-state index < -0.39 is 4.92 Å². The SMILES string of the molecule is CC(C)c1ccc(C(=O)N2CCN(c3ccc([N+](=O)[O-])nc3)CC2)cc1. The molecular weight excluding hydrogens is 332 g/mol. The summed E-state index contributed by atoms with van der Waals surface area (Å²) in [6.45, 7) is 6.83. The van der Waals surface area contributed by atoms with Crippen molar-refractivity contribution in [1.82, 2.24) is 9.88 Å². The highest BCUT2D eigenvalue weighted by atomic mass is 16.6. The summed E-state index contributed by atoms with van der Waals surface area (Å²) in [6, 6.07) is 10.9. The van der Waals surface area contributed by atoms with Crippen LogP contribution in [-0.2, 0) is 0 Å². The zero-order valence-electron chi connectivity index (χ0n) is 15.0. The Bertz CT molecular complexity index is 779. The second-order valence-corrected chi connectivity index (χ2v) is 6.69. The molecule has 0 unspecified atom stereocenters. The van der Waals surface area contributed by atoms with Gasteiger partial charge in [-0.25, -0.2) is 0 Å². The van der Waals surface area contributed by atoms with Gasteiger partial charge in [0.1, 0.15) is 0 Å². The largest absolute Gasteiger partial charge is 0.365 e. The number of nitrogens with zero attached hydrogens (tertiary/aromatic N) is 4. The number of benzene rings is 1. The molecule has 0 spiro atoms. The van der Waals surface area contributed by atoms with Crippen LogP contribution >= 0.6 is 0 Å². The maximum atomic E-state index is 12.7. The number of nitro groups is 1. The number of amides is 1. The van der Waals surface area contributed by atoms with Gasteiger partial charge in [0.15, 0.2) is 6.20 Å². The summed E-state index contributed by atoms with van der Waals surface area (Å²) in [4.78, 5) is 30.6. The average molecular weight is 354 g/mol. The molecule has 0 saturated carbocycles. The molecule has 26 heavy (non-hydrogen) atoms. The Morgan fingerprint density at radius 1 is 1.08 bits per heavy atom. The molecule has 0 N–H and O–H groups in total. The summed E-state index contributed by atoms with van der Waals surface area (Å²) >= 11 is 0. The highest BCUT2D eigenvalue weighted by molar-refractivity contribution is 5.94.